The fraction of sp³-hybridized carbons (Fsp3) is 0.571. The first-order chi connectivity index (χ1) is 8.85. The second kappa shape index (κ2) is 7.43. The zero-order valence-electron chi connectivity index (χ0n) is 10.5. The van der Waals surface area contributed by atoms with E-state index in [2.05, 4.69) is 12.1 Å². The SMILES string of the molecule is OCCC1(CCOCc2ccccc2)SCCS1. The maximum absolute atomic E-state index is 9.16. The van der Waals surface area contributed by atoms with Gasteiger partial charge in [0.05, 0.1) is 10.7 Å². The highest BCUT2D eigenvalue weighted by molar-refractivity contribution is 8.21. The lowest BCUT2D eigenvalue weighted by atomic mass is 10.2. The van der Waals surface area contributed by atoms with Crippen LogP contribution >= 0.6 is 23.5 Å². The Morgan fingerprint density at radius 2 is 1.83 bits per heavy atom. The number of aliphatic hydroxyl groups excluding tert-OH is 1. The molecule has 1 aromatic rings. The van der Waals surface area contributed by atoms with E-state index in [4.69, 9.17) is 9.84 Å². The van der Waals surface area contributed by atoms with Crippen molar-refractivity contribution in [2.45, 2.75) is 23.5 Å². The minimum Gasteiger partial charge on any atom is -0.396 e. The van der Waals surface area contributed by atoms with Crippen molar-refractivity contribution in [3.63, 3.8) is 0 Å². The van der Waals surface area contributed by atoms with Gasteiger partial charge in [0, 0.05) is 24.7 Å². The standard InChI is InChI=1S/C14H20O2S2/c15-8-6-14(17-10-11-18-14)7-9-16-12-13-4-2-1-3-5-13/h1-5,15H,6-12H2. The maximum Gasteiger partial charge on any atom is 0.0716 e. The summed E-state index contributed by atoms with van der Waals surface area (Å²) < 4.78 is 5.94. The first kappa shape index (κ1) is 14.3. The highest BCUT2D eigenvalue weighted by Gasteiger charge is 2.34. The van der Waals surface area contributed by atoms with Gasteiger partial charge >= 0.3 is 0 Å². The molecule has 1 aliphatic rings. The third kappa shape index (κ3) is 4.19. The Balaban J connectivity index is 1.71. The van der Waals surface area contributed by atoms with Crippen LogP contribution in [0.4, 0.5) is 0 Å². The molecule has 4 heteroatoms. The average Bonchev–Trinajstić information content (AvgIpc) is 2.86. The molecule has 1 aliphatic heterocycles. The first-order valence-corrected chi connectivity index (χ1v) is 8.32. The predicted molar refractivity (Wildman–Crippen MR) is 80.1 cm³/mol. The number of ether oxygens (including phenoxy) is 1. The van der Waals surface area contributed by atoms with Crippen molar-refractivity contribution >= 4 is 23.5 Å². The Kier molecular flexibility index (Phi) is 5.89. The highest BCUT2D eigenvalue weighted by Crippen LogP contribution is 2.48. The van der Waals surface area contributed by atoms with Gasteiger partial charge in [0.2, 0.25) is 0 Å². The normalized spacial score (nSPS) is 18.1. The Bertz CT molecular complexity index is 337. The van der Waals surface area contributed by atoms with Crippen LogP contribution in [0.15, 0.2) is 30.3 Å². The van der Waals surface area contributed by atoms with E-state index in [-0.39, 0.29) is 10.7 Å². The molecular formula is C14H20O2S2. The van der Waals surface area contributed by atoms with Gasteiger partial charge in [-0.15, -0.1) is 23.5 Å². The number of aliphatic hydroxyl groups is 1. The number of hydrogen-bond acceptors (Lipinski definition) is 4. The first-order valence-electron chi connectivity index (χ1n) is 6.35. The van der Waals surface area contributed by atoms with Gasteiger partial charge in [0.15, 0.2) is 0 Å². The third-order valence-electron chi connectivity index (χ3n) is 3.05. The molecule has 18 heavy (non-hydrogen) atoms. The summed E-state index contributed by atoms with van der Waals surface area (Å²) in [6, 6.07) is 10.3. The van der Waals surface area contributed by atoms with E-state index in [9.17, 15) is 0 Å². The Labute approximate surface area is 117 Å². The Morgan fingerprint density at radius 3 is 2.50 bits per heavy atom. The predicted octanol–water partition coefficient (Wildman–Crippen LogP) is 3.15. The van der Waals surface area contributed by atoms with Crippen LogP contribution in [0.2, 0.25) is 0 Å². The minimum absolute atomic E-state index is 0.200. The zero-order chi connectivity index (χ0) is 12.7. The summed E-state index contributed by atoms with van der Waals surface area (Å²) in [5.74, 6) is 2.40. The van der Waals surface area contributed by atoms with Crippen molar-refractivity contribution in [2.24, 2.45) is 0 Å². The van der Waals surface area contributed by atoms with Crippen LogP contribution < -0.4 is 0 Å². The van der Waals surface area contributed by atoms with Gasteiger partial charge in [0.1, 0.15) is 0 Å². The molecule has 1 heterocycles. The second-order valence-electron chi connectivity index (χ2n) is 4.37. The molecule has 1 N–H and O–H groups in total. The molecule has 0 unspecified atom stereocenters. The van der Waals surface area contributed by atoms with Gasteiger partial charge in [-0.2, -0.15) is 0 Å². The van der Waals surface area contributed by atoms with Gasteiger partial charge in [-0.3, -0.25) is 0 Å². The molecule has 0 bridgehead atoms. The quantitative estimate of drug-likeness (QED) is 0.779. The molecule has 0 amide bonds. The lowest BCUT2D eigenvalue weighted by molar-refractivity contribution is 0.115. The zero-order valence-corrected chi connectivity index (χ0v) is 12.1. The maximum atomic E-state index is 9.16. The number of hydrogen-bond donors (Lipinski definition) is 1. The van der Waals surface area contributed by atoms with Crippen molar-refractivity contribution in [1.82, 2.24) is 0 Å². The Morgan fingerprint density at radius 1 is 1.11 bits per heavy atom. The summed E-state index contributed by atoms with van der Waals surface area (Å²) in [4.78, 5) is 0. The Hall–Kier alpha value is -0.160. The molecule has 1 saturated heterocycles. The van der Waals surface area contributed by atoms with E-state index in [1.807, 2.05) is 41.7 Å². The summed E-state index contributed by atoms with van der Waals surface area (Å²) in [5, 5.41) is 9.16. The molecule has 2 nitrogen and oxygen atoms in total. The monoisotopic (exact) mass is 284 g/mol. The lowest BCUT2D eigenvalue weighted by Gasteiger charge is -2.26. The fourth-order valence-electron chi connectivity index (χ4n) is 2.07. The van der Waals surface area contributed by atoms with Crippen molar-refractivity contribution in [3.8, 4) is 0 Å². The van der Waals surface area contributed by atoms with Crippen LogP contribution in [0.25, 0.3) is 0 Å². The summed E-state index contributed by atoms with van der Waals surface area (Å²) in [7, 11) is 0. The van der Waals surface area contributed by atoms with E-state index >= 15 is 0 Å². The van der Waals surface area contributed by atoms with Crippen molar-refractivity contribution in [2.75, 3.05) is 24.7 Å². The van der Waals surface area contributed by atoms with E-state index in [0.29, 0.717) is 6.61 Å². The smallest absolute Gasteiger partial charge is 0.0716 e. The largest absolute Gasteiger partial charge is 0.396 e. The van der Waals surface area contributed by atoms with Gasteiger partial charge in [-0.25, -0.2) is 0 Å². The van der Waals surface area contributed by atoms with Crippen LogP contribution in [0.5, 0.6) is 0 Å². The lowest BCUT2D eigenvalue weighted by Crippen LogP contribution is -2.21. The van der Waals surface area contributed by atoms with Gasteiger partial charge in [-0.05, 0) is 18.4 Å². The molecule has 0 aromatic heterocycles. The molecule has 0 atom stereocenters. The number of thioether (sulfide) groups is 2. The van der Waals surface area contributed by atoms with Crippen LogP contribution in [0.1, 0.15) is 18.4 Å². The molecule has 1 fully saturated rings. The molecule has 0 spiro atoms. The van der Waals surface area contributed by atoms with E-state index in [0.717, 1.165) is 19.4 Å². The number of rotatable bonds is 7. The molecule has 0 saturated carbocycles. The summed E-state index contributed by atoms with van der Waals surface area (Å²) >= 11 is 3.97. The molecule has 0 radical (unpaired) electrons. The topological polar surface area (TPSA) is 29.5 Å². The molecular weight excluding hydrogens is 264 g/mol. The highest BCUT2D eigenvalue weighted by atomic mass is 32.2. The van der Waals surface area contributed by atoms with Gasteiger partial charge < -0.3 is 9.84 Å². The van der Waals surface area contributed by atoms with Crippen molar-refractivity contribution in [3.05, 3.63) is 35.9 Å². The van der Waals surface area contributed by atoms with Crippen LogP contribution in [-0.4, -0.2) is 33.9 Å². The van der Waals surface area contributed by atoms with E-state index in [1.165, 1.54) is 17.1 Å². The second-order valence-corrected chi connectivity index (χ2v) is 7.58. The molecule has 2 rings (SSSR count). The molecule has 1 aromatic carbocycles. The average molecular weight is 284 g/mol. The van der Waals surface area contributed by atoms with E-state index < -0.39 is 0 Å². The fourth-order valence-corrected chi connectivity index (χ4v) is 5.24. The third-order valence-corrected chi connectivity index (χ3v) is 6.70. The molecule has 0 aliphatic carbocycles. The summed E-state index contributed by atoms with van der Waals surface area (Å²) in [6.45, 7) is 1.74. The van der Waals surface area contributed by atoms with Gasteiger partial charge in [-0.1, -0.05) is 30.3 Å². The summed E-state index contributed by atoms with van der Waals surface area (Å²) in [6.07, 6.45) is 1.90. The van der Waals surface area contributed by atoms with Crippen LogP contribution in [0, 0.1) is 0 Å². The van der Waals surface area contributed by atoms with Gasteiger partial charge in [0.25, 0.3) is 0 Å². The molecule has 100 valence electrons. The number of benzene rings is 1. The van der Waals surface area contributed by atoms with Crippen molar-refractivity contribution < 1.29 is 9.84 Å². The van der Waals surface area contributed by atoms with Crippen LogP contribution in [-0.2, 0) is 11.3 Å². The van der Waals surface area contributed by atoms with E-state index in [1.54, 1.807) is 0 Å². The minimum atomic E-state index is 0.200. The van der Waals surface area contributed by atoms with Crippen molar-refractivity contribution in [1.29, 1.82) is 0 Å². The van der Waals surface area contributed by atoms with Crippen LogP contribution in [0.3, 0.4) is 0 Å². The summed E-state index contributed by atoms with van der Waals surface area (Å²) in [5.41, 5.74) is 1.22.